The minimum absolute atomic E-state index is 0.203. The summed E-state index contributed by atoms with van der Waals surface area (Å²) in [4.78, 5) is 18.0. The summed E-state index contributed by atoms with van der Waals surface area (Å²) in [5.41, 5.74) is 1.32. The van der Waals surface area contributed by atoms with Crippen LogP contribution < -0.4 is 10.1 Å². The zero-order valence-electron chi connectivity index (χ0n) is 15.5. The molecule has 2 aromatic carbocycles. The van der Waals surface area contributed by atoms with Crippen molar-refractivity contribution in [2.75, 3.05) is 7.11 Å². The van der Waals surface area contributed by atoms with E-state index in [-0.39, 0.29) is 18.3 Å². The Bertz CT molecular complexity index is 1140. The third-order valence-corrected chi connectivity index (χ3v) is 5.38. The summed E-state index contributed by atoms with van der Waals surface area (Å²) >= 11 is 1.24. The lowest BCUT2D eigenvalue weighted by Crippen LogP contribution is -2.22. The van der Waals surface area contributed by atoms with Crippen LogP contribution in [0, 0.1) is 5.82 Å². The van der Waals surface area contributed by atoms with Crippen LogP contribution in [-0.2, 0) is 6.54 Å². The Morgan fingerprint density at radius 1 is 1.14 bits per heavy atom. The molecule has 0 aliphatic rings. The summed E-state index contributed by atoms with van der Waals surface area (Å²) in [6.45, 7) is 0.203. The van der Waals surface area contributed by atoms with Crippen molar-refractivity contribution in [1.82, 2.24) is 20.5 Å². The van der Waals surface area contributed by atoms with Crippen LogP contribution in [0.5, 0.6) is 5.75 Å². The zero-order valence-corrected chi connectivity index (χ0v) is 16.3. The lowest BCUT2D eigenvalue weighted by atomic mass is 10.2. The lowest BCUT2D eigenvalue weighted by Gasteiger charge is -2.01. The van der Waals surface area contributed by atoms with Crippen LogP contribution in [0.1, 0.15) is 15.5 Å². The molecule has 2 heterocycles. The SMILES string of the molecule is COc1ccc(-c2n[nH]c(CNC(=O)c3ccc(-c4ccccc4F)s3)n2)cc1. The number of carbonyl (C=O) groups is 1. The molecular weight excluding hydrogens is 391 g/mol. The van der Waals surface area contributed by atoms with Crippen LogP contribution in [0.3, 0.4) is 0 Å². The van der Waals surface area contributed by atoms with Gasteiger partial charge in [0.25, 0.3) is 5.91 Å². The van der Waals surface area contributed by atoms with E-state index in [1.165, 1.54) is 17.4 Å². The third-order valence-electron chi connectivity index (χ3n) is 4.27. The van der Waals surface area contributed by atoms with E-state index in [0.717, 1.165) is 11.3 Å². The predicted octanol–water partition coefficient (Wildman–Crippen LogP) is 4.28. The van der Waals surface area contributed by atoms with Gasteiger partial charge in [0, 0.05) is 16.0 Å². The first-order chi connectivity index (χ1) is 14.1. The Kier molecular flexibility index (Phi) is 5.35. The van der Waals surface area contributed by atoms with Crippen molar-refractivity contribution in [1.29, 1.82) is 0 Å². The molecule has 4 aromatic rings. The highest BCUT2D eigenvalue weighted by Gasteiger charge is 2.13. The summed E-state index contributed by atoms with van der Waals surface area (Å²) in [6, 6.07) is 17.3. The summed E-state index contributed by atoms with van der Waals surface area (Å²) < 4.78 is 19.1. The van der Waals surface area contributed by atoms with Gasteiger partial charge >= 0.3 is 0 Å². The molecule has 4 rings (SSSR count). The number of halogens is 1. The van der Waals surface area contributed by atoms with Crippen LogP contribution in [-0.4, -0.2) is 28.2 Å². The standard InChI is InChI=1S/C21H17FN4O2S/c1-28-14-8-6-13(7-9-14)20-24-19(25-26-20)12-23-21(27)18-11-10-17(29-18)15-4-2-3-5-16(15)22/h2-11H,12H2,1H3,(H,23,27)(H,24,25,26). The number of H-pyrrole nitrogens is 1. The van der Waals surface area contributed by atoms with Crippen molar-refractivity contribution in [3.8, 4) is 27.6 Å². The number of ether oxygens (including phenoxy) is 1. The van der Waals surface area contributed by atoms with E-state index in [2.05, 4.69) is 20.5 Å². The molecule has 0 bridgehead atoms. The second-order valence-electron chi connectivity index (χ2n) is 6.16. The van der Waals surface area contributed by atoms with Crippen LogP contribution in [0.2, 0.25) is 0 Å². The zero-order chi connectivity index (χ0) is 20.2. The number of hydrogen-bond acceptors (Lipinski definition) is 5. The number of benzene rings is 2. The first-order valence-corrected chi connectivity index (χ1v) is 9.64. The number of carbonyl (C=O) groups excluding carboxylic acids is 1. The van der Waals surface area contributed by atoms with Crippen molar-refractivity contribution >= 4 is 17.2 Å². The number of hydrogen-bond donors (Lipinski definition) is 2. The molecule has 0 aliphatic heterocycles. The van der Waals surface area contributed by atoms with E-state index in [1.54, 1.807) is 37.4 Å². The molecule has 2 aromatic heterocycles. The molecule has 146 valence electrons. The fourth-order valence-electron chi connectivity index (χ4n) is 2.76. The van der Waals surface area contributed by atoms with Gasteiger partial charge in [-0.1, -0.05) is 18.2 Å². The maximum atomic E-state index is 13.9. The minimum atomic E-state index is -0.311. The monoisotopic (exact) mass is 408 g/mol. The van der Waals surface area contributed by atoms with Crippen LogP contribution in [0.25, 0.3) is 21.8 Å². The van der Waals surface area contributed by atoms with Gasteiger partial charge in [0.15, 0.2) is 5.82 Å². The van der Waals surface area contributed by atoms with Gasteiger partial charge in [-0.3, -0.25) is 9.89 Å². The number of nitrogens with one attached hydrogen (secondary N) is 2. The third kappa shape index (κ3) is 4.17. The Balaban J connectivity index is 1.40. The van der Waals surface area contributed by atoms with Crippen molar-refractivity contribution in [3.05, 3.63) is 77.2 Å². The molecule has 0 saturated carbocycles. The average molecular weight is 408 g/mol. The van der Waals surface area contributed by atoms with Gasteiger partial charge in [-0.15, -0.1) is 11.3 Å². The Morgan fingerprint density at radius 2 is 1.93 bits per heavy atom. The summed E-state index contributed by atoms with van der Waals surface area (Å²) in [5, 5.41) is 9.81. The molecule has 0 radical (unpaired) electrons. The fourth-order valence-corrected chi connectivity index (χ4v) is 3.71. The number of aromatic amines is 1. The molecule has 0 atom stereocenters. The van der Waals surface area contributed by atoms with E-state index in [1.807, 2.05) is 24.3 Å². The van der Waals surface area contributed by atoms with Crippen molar-refractivity contribution in [2.45, 2.75) is 6.54 Å². The number of aromatic nitrogens is 3. The van der Waals surface area contributed by atoms with Crippen LogP contribution in [0.4, 0.5) is 4.39 Å². The Labute approximate surface area is 170 Å². The second kappa shape index (κ2) is 8.24. The maximum Gasteiger partial charge on any atom is 0.261 e. The summed E-state index contributed by atoms with van der Waals surface area (Å²) in [5.74, 6) is 1.27. The van der Waals surface area contributed by atoms with E-state index in [9.17, 15) is 9.18 Å². The average Bonchev–Trinajstić information content (AvgIpc) is 3.42. The van der Waals surface area contributed by atoms with Crippen molar-refractivity contribution in [3.63, 3.8) is 0 Å². The first-order valence-electron chi connectivity index (χ1n) is 8.82. The molecule has 0 spiro atoms. The van der Waals surface area contributed by atoms with E-state index < -0.39 is 0 Å². The number of nitrogens with zero attached hydrogens (tertiary/aromatic N) is 2. The molecule has 1 amide bonds. The second-order valence-corrected chi connectivity index (χ2v) is 7.24. The molecule has 8 heteroatoms. The highest BCUT2D eigenvalue weighted by molar-refractivity contribution is 7.17. The Hall–Kier alpha value is -3.52. The van der Waals surface area contributed by atoms with Crippen LogP contribution >= 0.6 is 11.3 Å². The highest BCUT2D eigenvalue weighted by atomic mass is 32.1. The topological polar surface area (TPSA) is 79.9 Å². The van der Waals surface area contributed by atoms with E-state index >= 15 is 0 Å². The molecule has 0 fully saturated rings. The molecule has 29 heavy (non-hydrogen) atoms. The molecule has 6 nitrogen and oxygen atoms in total. The predicted molar refractivity (Wildman–Crippen MR) is 109 cm³/mol. The molecule has 0 aliphatic carbocycles. The van der Waals surface area contributed by atoms with Gasteiger partial charge in [-0.25, -0.2) is 9.37 Å². The highest BCUT2D eigenvalue weighted by Crippen LogP contribution is 2.30. The van der Waals surface area contributed by atoms with Crippen molar-refractivity contribution in [2.24, 2.45) is 0 Å². The first kappa shape index (κ1) is 18.8. The van der Waals surface area contributed by atoms with Gasteiger partial charge in [0.05, 0.1) is 18.5 Å². The van der Waals surface area contributed by atoms with Gasteiger partial charge in [-0.05, 0) is 42.5 Å². The molecule has 0 unspecified atom stereocenters. The lowest BCUT2D eigenvalue weighted by molar-refractivity contribution is 0.0954. The van der Waals surface area contributed by atoms with Gasteiger partial charge < -0.3 is 10.1 Å². The van der Waals surface area contributed by atoms with Crippen molar-refractivity contribution < 1.29 is 13.9 Å². The van der Waals surface area contributed by atoms with Gasteiger partial charge in [-0.2, -0.15) is 5.10 Å². The largest absolute Gasteiger partial charge is 0.497 e. The minimum Gasteiger partial charge on any atom is -0.497 e. The van der Waals surface area contributed by atoms with Gasteiger partial charge in [0.1, 0.15) is 17.4 Å². The Morgan fingerprint density at radius 3 is 2.69 bits per heavy atom. The fraction of sp³-hybridized carbons (Fsp3) is 0.0952. The normalized spacial score (nSPS) is 10.7. The number of rotatable bonds is 6. The van der Waals surface area contributed by atoms with Crippen LogP contribution in [0.15, 0.2) is 60.7 Å². The molecular formula is C21H17FN4O2S. The summed E-state index contributed by atoms with van der Waals surface area (Å²) in [7, 11) is 1.61. The number of methoxy groups -OCH3 is 1. The van der Waals surface area contributed by atoms with Gasteiger partial charge in [0.2, 0.25) is 0 Å². The summed E-state index contributed by atoms with van der Waals surface area (Å²) in [6.07, 6.45) is 0. The maximum absolute atomic E-state index is 13.9. The smallest absolute Gasteiger partial charge is 0.261 e. The number of amides is 1. The molecule has 0 saturated heterocycles. The number of thiophene rings is 1. The van der Waals surface area contributed by atoms with E-state index in [0.29, 0.717) is 27.0 Å². The quantitative estimate of drug-likeness (QED) is 0.499. The van der Waals surface area contributed by atoms with E-state index in [4.69, 9.17) is 4.74 Å². The molecule has 2 N–H and O–H groups in total.